The summed E-state index contributed by atoms with van der Waals surface area (Å²) in [5.74, 6) is 0.729. The minimum atomic E-state index is -0.779. The van der Waals surface area contributed by atoms with Crippen molar-refractivity contribution < 1.29 is 23.9 Å². The molecule has 0 aliphatic rings. The molecule has 158 valence electrons. The zero-order valence-electron chi connectivity index (χ0n) is 15.8. The quantitative estimate of drug-likeness (QED) is 0.314. The lowest BCUT2D eigenvalue weighted by Crippen LogP contribution is -1.98. The fourth-order valence-corrected chi connectivity index (χ4v) is 2.61. The van der Waals surface area contributed by atoms with Gasteiger partial charge in [-0.1, -0.05) is 0 Å². The first-order valence-corrected chi connectivity index (χ1v) is 8.44. The molecule has 0 unspecified atom stereocenters. The Hall–Kier alpha value is -4.81. The van der Waals surface area contributed by atoms with Crippen molar-refractivity contribution in [2.45, 2.75) is 0 Å². The first kappa shape index (κ1) is 20.9. The highest BCUT2D eigenvalue weighted by molar-refractivity contribution is 5.80. The second-order valence-corrected chi connectivity index (χ2v) is 5.93. The molecule has 0 amide bonds. The number of methoxy groups -OCH3 is 1. The van der Waals surface area contributed by atoms with Gasteiger partial charge in [0.1, 0.15) is 23.0 Å². The standard InChI is InChI=1S/C18H13N5O8/c1-30-12-3-5-14(16(9-12)22(26)27)18-7-4-13(31-18)10-19-20-15-6-2-11(21(24)25)8-17(15)23(28)29/h2-10,20H,1H3. The summed E-state index contributed by atoms with van der Waals surface area (Å²) in [6.07, 6.45) is 1.20. The summed E-state index contributed by atoms with van der Waals surface area (Å²) in [5.41, 5.74) is 1.41. The van der Waals surface area contributed by atoms with E-state index in [4.69, 9.17) is 9.15 Å². The molecule has 0 saturated carbocycles. The molecule has 3 rings (SSSR count). The molecule has 0 fully saturated rings. The number of nitrogens with one attached hydrogen (secondary N) is 1. The van der Waals surface area contributed by atoms with Crippen LogP contribution >= 0.6 is 0 Å². The van der Waals surface area contributed by atoms with Crippen LogP contribution in [0.15, 0.2) is 58.0 Å². The summed E-state index contributed by atoms with van der Waals surface area (Å²) < 4.78 is 10.5. The molecule has 0 aliphatic carbocycles. The highest BCUT2D eigenvalue weighted by Gasteiger charge is 2.20. The maximum Gasteiger partial charge on any atom is 0.301 e. The largest absolute Gasteiger partial charge is 0.497 e. The SMILES string of the molecule is COc1ccc(-c2ccc(C=NNc3ccc([N+](=O)[O-])cc3[N+](=O)[O-])o2)c([N+](=O)[O-])c1. The number of benzene rings is 2. The van der Waals surface area contributed by atoms with Gasteiger partial charge >= 0.3 is 5.69 Å². The molecule has 31 heavy (non-hydrogen) atoms. The zero-order valence-corrected chi connectivity index (χ0v) is 15.8. The van der Waals surface area contributed by atoms with Crippen molar-refractivity contribution in [1.82, 2.24) is 0 Å². The molecular formula is C18H13N5O8. The highest BCUT2D eigenvalue weighted by Crippen LogP contribution is 2.34. The summed E-state index contributed by atoms with van der Waals surface area (Å²) in [6.45, 7) is 0. The topological polar surface area (TPSA) is 176 Å². The summed E-state index contributed by atoms with van der Waals surface area (Å²) in [5, 5.41) is 37.1. The predicted octanol–water partition coefficient (Wildman–Crippen LogP) is 4.13. The van der Waals surface area contributed by atoms with Crippen LogP contribution in [0.5, 0.6) is 5.75 Å². The molecule has 1 N–H and O–H groups in total. The van der Waals surface area contributed by atoms with Crippen LogP contribution in [0.4, 0.5) is 22.7 Å². The van der Waals surface area contributed by atoms with E-state index in [0.717, 1.165) is 18.2 Å². The van der Waals surface area contributed by atoms with E-state index in [2.05, 4.69) is 10.5 Å². The van der Waals surface area contributed by atoms with Crippen molar-refractivity contribution in [3.05, 3.63) is 84.6 Å². The van der Waals surface area contributed by atoms with Crippen LogP contribution in [-0.4, -0.2) is 28.1 Å². The van der Waals surface area contributed by atoms with Crippen LogP contribution in [0.1, 0.15) is 5.76 Å². The van der Waals surface area contributed by atoms with Crippen LogP contribution in [0.25, 0.3) is 11.3 Å². The number of ether oxygens (including phenoxy) is 1. The molecule has 0 saturated heterocycles. The van der Waals surface area contributed by atoms with Gasteiger partial charge < -0.3 is 9.15 Å². The van der Waals surface area contributed by atoms with Crippen LogP contribution in [0.3, 0.4) is 0 Å². The molecule has 1 heterocycles. The maximum atomic E-state index is 11.3. The molecule has 0 radical (unpaired) electrons. The van der Waals surface area contributed by atoms with Crippen LogP contribution < -0.4 is 10.2 Å². The average molecular weight is 427 g/mol. The van der Waals surface area contributed by atoms with E-state index in [1.807, 2.05) is 0 Å². The van der Waals surface area contributed by atoms with Crippen LogP contribution in [0, 0.1) is 30.3 Å². The van der Waals surface area contributed by atoms with Crippen molar-refractivity contribution in [2.75, 3.05) is 12.5 Å². The third-order valence-electron chi connectivity index (χ3n) is 4.06. The van der Waals surface area contributed by atoms with E-state index in [1.165, 1.54) is 37.6 Å². The number of rotatable bonds is 8. The Labute approximate surface area is 173 Å². The first-order chi connectivity index (χ1) is 14.8. The first-order valence-electron chi connectivity index (χ1n) is 8.44. The lowest BCUT2D eigenvalue weighted by molar-refractivity contribution is -0.393. The lowest BCUT2D eigenvalue weighted by atomic mass is 10.1. The number of nitro benzene ring substituents is 3. The summed E-state index contributed by atoms with van der Waals surface area (Å²) in [4.78, 5) is 31.1. The number of nitro groups is 3. The van der Waals surface area contributed by atoms with E-state index < -0.39 is 26.1 Å². The number of anilines is 1. The summed E-state index contributed by atoms with van der Waals surface area (Å²) >= 11 is 0. The van der Waals surface area contributed by atoms with Gasteiger partial charge in [-0.2, -0.15) is 5.10 Å². The van der Waals surface area contributed by atoms with Crippen molar-refractivity contribution in [1.29, 1.82) is 0 Å². The number of hydrogen-bond donors (Lipinski definition) is 1. The minimum absolute atomic E-state index is 0.0654. The Balaban J connectivity index is 1.82. The van der Waals surface area contributed by atoms with Gasteiger partial charge in [0.2, 0.25) is 0 Å². The van der Waals surface area contributed by atoms with Gasteiger partial charge in [-0.3, -0.25) is 35.8 Å². The Bertz CT molecular complexity index is 1200. The molecule has 1 aromatic heterocycles. The van der Waals surface area contributed by atoms with Crippen molar-refractivity contribution in [2.24, 2.45) is 5.10 Å². The van der Waals surface area contributed by atoms with Gasteiger partial charge in [0.25, 0.3) is 11.4 Å². The predicted molar refractivity (Wildman–Crippen MR) is 108 cm³/mol. The van der Waals surface area contributed by atoms with E-state index in [0.29, 0.717) is 5.75 Å². The molecular weight excluding hydrogens is 414 g/mol. The van der Waals surface area contributed by atoms with Gasteiger partial charge in [-0.05, 0) is 30.3 Å². The van der Waals surface area contributed by atoms with Crippen molar-refractivity contribution in [3.63, 3.8) is 0 Å². The van der Waals surface area contributed by atoms with Gasteiger partial charge in [0, 0.05) is 6.07 Å². The fourth-order valence-electron chi connectivity index (χ4n) is 2.61. The Morgan fingerprint density at radius 3 is 2.32 bits per heavy atom. The average Bonchev–Trinajstić information content (AvgIpc) is 3.21. The summed E-state index contributed by atoms with van der Waals surface area (Å²) in [7, 11) is 1.39. The Morgan fingerprint density at radius 2 is 1.68 bits per heavy atom. The van der Waals surface area contributed by atoms with E-state index in [9.17, 15) is 30.3 Å². The zero-order chi connectivity index (χ0) is 22.5. The van der Waals surface area contributed by atoms with E-state index in [-0.39, 0.29) is 28.5 Å². The van der Waals surface area contributed by atoms with Gasteiger partial charge in [-0.25, -0.2) is 0 Å². The van der Waals surface area contributed by atoms with E-state index >= 15 is 0 Å². The number of hydrazone groups is 1. The molecule has 0 aliphatic heterocycles. The third-order valence-corrected chi connectivity index (χ3v) is 4.06. The number of hydrogen-bond acceptors (Lipinski definition) is 10. The third kappa shape index (κ3) is 4.61. The highest BCUT2D eigenvalue weighted by atomic mass is 16.6. The van der Waals surface area contributed by atoms with Gasteiger partial charge in [-0.15, -0.1) is 0 Å². The molecule has 13 heteroatoms. The maximum absolute atomic E-state index is 11.3. The number of nitrogens with zero attached hydrogens (tertiary/aromatic N) is 4. The summed E-state index contributed by atoms with van der Waals surface area (Å²) in [6, 6.07) is 10.4. The molecule has 3 aromatic rings. The van der Waals surface area contributed by atoms with E-state index in [1.54, 1.807) is 6.07 Å². The second-order valence-electron chi connectivity index (χ2n) is 5.93. The smallest absolute Gasteiger partial charge is 0.301 e. The van der Waals surface area contributed by atoms with Crippen LogP contribution in [0.2, 0.25) is 0 Å². The Morgan fingerprint density at radius 1 is 0.935 bits per heavy atom. The molecule has 0 spiro atoms. The van der Waals surface area contributed by atoms with Gasteiger partial charge in [0.15, 0.2) is 0 Å². The second kappa shape index (κ2) is 8.69. The Kier molecular flexibility index (Phi) is 5.86. The number of furan rings is 1. The molecule has 0 atom stereocenters. The molecule has 2 aromatic carbocycles. The number of non-ortho nitro benzene ring substituents is 1. The monoisotopic (exact) mass is 427 g/mol. The normalized spacial score (nSPS) is 10.7. The van der Waals surface area contributed by atoms with Crippen LogP contribution in [-0.2, 0) is 0 Å². The fraction of sp³-hybridized carbons (Fsp3) is 0.0556. The van der Waals surface area contributed by atoms with Crippen molar-refractivity contribution in [3.8, 4) is 17.1 Å². The van der Waals surface area contributed by atoms with Gasteiger partial charge in [0.05, 0.1) is 45.8 Å². The molecule has 0 bridgehead atoms. The molecule has 13 nitrogen and oxygen atoms in total. The van der Waals surface area contributed by atoms with Crippen molar-refractivity contribution >= 4 is 29.0 Å². The lowest BCUT2D eigenvalue weighted by Gasteiger charge is -2.03. The minimum Gasteiger partial charge on any atom is -0.497 e.